The molecule has 0 aliphatic heterocycles. The van der Waals surface area contributed by atoms with E-state index < -0.39 is 6.09 Å². The molecule has 0 saturated heterocycles. The molecule has 0 bridgehead atoms. The van der Waals surface area contributed by atoms with Gasteiger partial charge < -0.3 is 20.1 Å². The van der Waals surface area contributed by atoms with Crippen LogP contribution in [0.2, 0.25) is 0 Å². The van der Waals surface area contributed by atoms with E-state index in [0.29, 0.717) is 13.2 Å². The third kappa shape index (κ3) is 5.38. The molecule has 3 N–H and O–H groups in total. The molecule has 0 radical (unpaired) electrons. The fourth-order valence-electron chi connectivity index (χ4n) is 4.61. The van der Waals surface area contributed by atoms with Gasteiger partial charge in [-0.25, -0.2) is 9.78 Å². The number of rotatable bonds is 9. The standard InChI is InChI=1S/C29H29N5O3/c1-3-10-29(2,17-33-28(35)36)18-37-22-8-6-19(7-9-22)21-12-24-23-13-25(20-5-4-11-30-14-20)31-16-26(23)34-27(24)32-15-21/h4-9,11-16,33H,3,10,17-18H2,1-2H3,(H,32,34)(H,35,36). The maximum Gasteiger partial charge on any atom is 0.404 e. The molecular weight excluding hydrogens is 466 g/mol. The summed E-state index contributed by atoms with van der Waals surface area (Å²) in [6.07, 6.45) is 8.05. The highest BCUT2D eigenvalue weighted by atomic mass is 16.5. The molecular formula is C29H29N5O3. The Labute approximate surface area is 214 Å². The Kier molecular flexibility index (Phi) is 6.72. The van der Waals surface area contributed by atoms with Crippen molar-refractivity contribution in [1.29, 1.82) is 0 Å². The van der Waals surface area contributed by atoms with Crippen molar-refractivity contribution in [3.05, 3.63) is 73.3 Å². The predicted molar refractivity (Wildman–Crippen MR) is 145 cm³/mol. The van der Waals surface area contributed by atoms with E-state index in [2.05, 4.69) is 44.3 Å². The first-order valence-electron chi connectivity index (χ1n) is 12.3. The maximum absolute atomic E-state index is 11.0. The first-order chi connectivity index (χ1) is 17.9. The zero-order chi connectivity index (χ0) is 25.8. The van der Waals surface area contributed by atoms with Crippen molar-refractivity contribution in [3.8, 4) is 28.1 Å². The van der Waals surface area contributed by atoms with Gasteiger partial charge in [0.15, 0.2) is 0 Å². The minimum atomic E-state index is -1.02. The Morgan fingerprint density at radius 2 is 1.86 bits per heavy atom. The van der Waals surface area contributed by atoms with Crippen molar-refractivity contribution in [2.75, 3.05) is 13.2 Å². The number of aromatic amines is 1. The van der Waals surface area contributed by atoms with E-state index in [9.17, 15) is 4.79 Å². The SMILES string of the molecule is CCCC(C)(CNC(=O)O)COc1ccc(-c2cnc3[nH]c4cnc(-c5cccnc5)cc4c3c2)cc1. The summed E-state index contributed by atoms with van der Waals surface area (Å²) in [7, 11) is 0. The molecule has 1 amide bonds. The number of carboxylic acid groups (broad SMARTS) is 1. The van der Waals surface area contributed by atoms with Crippen molar-refractivity contribution in [2.24, 2.45) is 5.41 Å². The lowest BCUT2D eigenvalue weighted by Gasteiger charge is -2.29. The Morgan fingerprint density at radius 3 is 2.59 bits per heavy atom. The van der Waals surface area contributed by atoms with E-state index in [-0.39, 0.29) is 5.41 Å². The van der Waals surface area contributed by atoms with Crippen LogP contribution in [0.25, 0.3) is 44.3 Å². The molecule has 0 saturated carbocycles. The fourth-order valence-corrected chi connectivity index (χ4v) is 4.61. The zero-order valence-corrected chi connectivity index (χ0v) is 20.9. The minimum Gasteiger partial charge on any atom is -0.493 e. The number of amides is 1. The Morgan fingerprint density at radius 1 is 1.03 bits per heavy atom. The number of pyridine rings is 3. The van der Waals surface area contributed by atoms with Gasteiger partial charge in [0, 0.05) is 52.4 Å². The van der Waals surface area contributed by atoms with Crippen LogP contribution in [0, 0.1) is 5.41 Å². The topological polar surface area (TPSA) is 113 Å². The first-order valence-corrected chi connectivity index (χ1v) is 12.3. The van der Waals surface area contributed by atoms with Gasteiger partial charge in [0.05, 0.1) is 24.0 Å². The molecule has 4 aromatic heterocycles. The molecule has 0 aliphatic carbocycles. The van der Waals surface area contributed by atoms with Crippen molar-refractivity contribution < 1.29 is 14.6 Å². The monoisotopic (exact) mass is 495 g/mol. The molecule has 1 atom stereocenters. The van der Waals surface area contributed by atoms with Gasteiger partial charge in [0.25, 0.3) is 0 Å². The smallest absolute Gasteiger partial charge is 0.404 e. The van der Waals surface area contributed by atoms with E-state index in [0.717, 1.165) is 62.9 Å². The normalized spacial score (nSPS) is 12.9. The summed E-state index contributed by atoms with van der Waals surface area (Å²) in [6, 6.07) is 16.0. The van der Waals surface area contributed by atoms with Crippen LogP contribution in [-0.2, 0) is 0 Å². The second-order valence-electron chi connectivity index (χ2n) is 9.63. The summed E-state index contributed by atoms with van der Waals surface area (Å²) in [4.78, 5) is 27.8. The third-order valence-electron chi connectivity index (χ3n) is 6.59. The lowest BCUT2D eigenvalue weighted by Crippen LogP contribution is -2.38. The summed E-state index contributed by atoms with van der Waals surface area (Å²) >= 11 is 0. The second-order valence-corrected chi connectivity index (χ2v) is 9.63. The predicted octanol–water partition coefficient (Wildman–Crippen LogP) is 6.29. The summed E-state index contributed by atoms with van der Waals surface area (Å²) in [6.45, 7) is 4.90. The highest BCUT2D eigenvalue weighted by molar-refractivity contribution is 6.07. The molecule has 1 unspecified atom stereocenters. The van der Waals surface area contributed by atoms with Gasteiger partial charge in [-0.15, -0.1) is 0 Å². The third-order valence-corrected chi connectivity index (χ3v) is 6.59. The van der Waals surface area contributed by atoms with Crippen LogP contribution in [0.5, 0.6) is 5.75 Å². The number of benzene rings is 1. The second kappa shape index (κ2) is 10.3. The molecule has 188 valence electrons. The summed E-state index contributed by atoms with van der Waals surface area (Å²) < 4.78 is 6.05. The van der Waals surface area contributed by atoms with Gasteiger partial charge in [0.2, 0.25) is 0 Å². The number of hydrogen-bond acceptors (Lipinski definition) is 5. The highest BCUT2D eigenvalue weighted by Gasteiger charge is 2.25. The number of nitrogens with zero attached hydrogens (tertiary/aromatic N) is 3. The number of ether oxygens (including phenoxy) is 1. The quantitative estimate of drug-likeness (QED) is 0.221. The van der Waals surface area contributed by atoms with E-state index in [1.54, 1.807) is 6.20 Å². The van der Waals surface area contributed by atoms with Crippen LogP contribution in [0.3, 0.4) is 0 Å². The molecule has 4 heterocycles. The molecule has 8 nitrogen and oxygen atoms in total. The molecule has 5 aromatic rings. The Bertz CT molecular complexity index is 1530. The van der Waals surface area contributed by atoms with Crippen LogP contribution in [0.4, 0.5) is 4.79 Å². The molecule has 0 aliphatic rings. The Hall–Kier alpha value is -4.46. The van der Waals surface area contributed by atoms with Crippen molar-refractivity contribution in [2.45, 2.75) is 26.7 Å². The average Bonchev–Trinajstić information content (AvgIpc) is 3.29. The lowest BCUT2D eigenvalue weighted by atomic mass is 9.86. The van der Waals surface area contributed by atoms with Gasteiger partial charge in [0.1, 0.15) is 11.4 Å². The van der Waals surface area contributed by atoms with Crippen molar-refractivity contribution in [1.82, 2.24) is 25.3 Å². The van der Waals surface area contributed by atoms with Gasteiger partial charge in [-0.1, -0.05) is 32.4 Å². The summed E-state index contributed by atoms with van der Waals surface area (Å²) in [5.41, 5.74) is 5.33. The highest BCUT2D eigenvalue weighted by Crippen LogP contribution is 2.31. The van der Waals surface area contributed by atoms with Crippen LogP contribution < -0.4 is 10.1 Å². The van der Waals surface area contributed by atoms with Gasteiger partial charge in [-0.05, 0) is 48.4 Å². The average molecular weight is 496 g/mol. The van der Waals surface area contributed by atoms with E-state index in [4.69, 9.17) is 9.84 Å². The van der Waals surface area contributed by atoms with Crippen molar-refractivity contribution in [3.63, 3.8) is 0 Å². The number of fused-ring (bicyclic) bond motifs is 3. The number of hydrogen-bond donors (Lipinski definition) is 3. The molecule has 5 rings (SSSR count). The molecule has 1 aromatic carbocycles. The summed E-state index contributed by atoms with van der Waals surface area (Å²) in [5.74, 6) is 0.745. The molecule has 8 heteroatoms. The Balaban J connectivity index is 1.37. The lowest BCUT2D eigenvalue weighted by molar-refractivity contribution is 0.139. The largest absolute Gasteiger partial charge is 0.493 e. The van der Waals surface area contributed by atoms with E-state index >= 15 is 0 Å². The number of carbonyl (C=O) groups is 1. The molecule has 0 spiro atoms. The minimum absolute atomic E-state index is 0.278. The van der Waals surface area contributed by atoms with Crippen LogP contribution >= 0.6 is 0 Å². The van der Waals surface area contributed by atoms with Gasteiger partial charge in [-0.2, -0.15) is 0 Å². The number of H-pyrrole nitrogens is 1. The first kappa shape index (κ1) is 24.2. The zero-order valence-electron chi connectivity index (χ0n) is 20.9. The maximum atomic E-state index is 11.0. The van der Waals surface area contributed by atoms with Crippen LogP contribution in [0.15, 0.2) is 73.3 Å². The molecule has 37 heavy (non-hydrogen) atoms. The molecule has 0 fully saturated rings. The van der Waals surface area contributed by atoms with E-state index in [1.807, 2.05) is 61.9 Å². The van der Waals surface area contributed by atoms with Crippen molar-refractivity contribution >= 4 is 28.0 Å². The van der Waals surface area contributed by atoms with E-state index in [1.165, 1.54) is 0 Å². The fraction of sp³-hybridized carbons (Fsp3) is 0.241. The van der Waals surface area contributed by atoms with Crippen LogP contribution in [0.1, 0.15) is 26.7 Å². The number of nitrogens with one attached hydrogen (secondary N) is 2. The van der Waals surface area contributed by atoms with Gasteiger partial charge in [-0.3, -0.25) is 9.97 Å². The van der Waals surface area contributed by atoms with Crippen LogP contribution in [-0.4, -0.2) is 44.3 Å². The number of aromatic nitrogens is 4. The van der Waals surface area contributed by atoms with Gasteiger partial charge >= 0.3 is 6.09 Å². The summed E-state index contributed by atoms with van der Waals surface area (Å²) in [5, 5.41) is 13.6.